The van der Waals surface area contributed by atoms with Crippen molar-refractivity contribution in [2.45, 2.75) is 0 Å². The largest absolute Gasteiger partial charge is 0.371 e. The molecule has 6 heteroatoms. The molecule has 0 spiro atoms. The average molecular weight is 191 g/mol. The van der Waals surface area contributed by atoms with E-state index in [1.165, 1.54) is 14.2 Å². The van der Waals surface area contributed by atoms with Gasteiger partial charge in [0.25, 0.3) is 5.91 Å². The first-order chi connectivity index (χ1) is 5.58. The van der Waals surface area contributed by atoms with Crippen LogP contribution in [0.15, 0.2) is 17.6 Å². The molecule has 0 heterocycles. The molecule has 68 valence electrons. The van der Waals surface area contributed by atoms with Crippen LogP contribution in [0.4, 0.5) is 0 Å². The maximum Gasteiger partial charge on any atom is 0.371 e. The van der Waals surface area contributed by atoms with Crippen LogP contribution in [0.5, 0.6) is 0 Å². The Balaban J connectivity index is 4.40. The molecule has 1 amide bonds. The third-order valence-electron chi connectivity index (χ3n) is 1.01. The lowest BCUT2D eigenvalue weighted by Gasteiger charge is -2.05. The van der Waals surface area contributed by atoms with E-state index in [2.05, 4.69) is 20.6 Å². The van der Waals surface area contributed by atoms with E-state index < -0.39 is 13.5 Å². The third-order valence-corrected chi connectivity index (χ3v) is 2.43. The van der Waals surface area contributed by atoms with E-state index in [0.717, 1.165) is 12.0 Å². The molecule has 0 atom stereocenters. The standard InChI is InChI=1S/C6H10NO4P/c1-4-6(8)7-5-12(9,10-2)11-3/h4-5H,1H2,2-3H3. The molecule has 0 aromatic rings. The van der Waals surface area contributed by atoms with E-state index in [-0.39, 0.29) is 0 Å². The summed E-state index contributed by atoms with van der Waals surface area (Å²) in [5, 5.41) is 0. The summed E-state index contributed by atoms with van der Waals surface area (Å²) >= 11 is 0. The number of rotatable bonds is 4. The van der Waals surface area contributed by atoms with Gasteiger partial charge in [0, 0.05) is 14.2 Å². The van der Waals surface area contributed by atoms with Gasteiger partial charge in [-0.3, -0.25) is 9.36 Å². The molecule has 0 radical (unpaired) electrons. The van der Waals surface area contributed by atoms with Crippen molar-refractivity contribution in [3.8, 4) is 0 Å². The second kappa shape index (κ2) is 4.98. The van der Waals surface area contributed by atoms with Gasteiger partial charge in [0.2, 0.25) is 0 Å². The van der Waals surface area contributed by atoms with Crippen molar-refractivity contribution in [1.29, 1.82) is 0 Å². The molecule has 0 aliphatic heterocycles. The number of amides is 1. The highest BCUT2D eigenvalue weighted by Crippen LogP contribution is 2.42. The van der Waals surface area contributed by atoms with Crippen molar-refractivity contribution in [2.75, 3.05) is 14.2 Å². The van der Waals surface area contributed by atoms with Crippen molar-refractivity contribution >= 4 is 19.5 Å². The fourth-order valence-electron chi connectivity index (χ4n) is 0.349. The predicted octanol–water partition coefficient (Wildman–Crippen LogP) is 1.21. The van der Waals surface area contributed by atoms with Crippen molar-refractivity contribution in [1.82, 2.24) is 0 Å². The molecule has 12 heavy (non-hydrogen) atoms. The van der Waals surface area contributed by atoms with E-state index >= 15 is 0 Å². The van der Waals surface area contributed by atoms with Crippen LogP contribution < -0.4 is 0 Å². The van der Waals surface area contributed by atoms with Gasteiger partial charge < -0.3 is 9.05 Å². The summed E-state index contributed by atoms with van der Waals surface area (Å²) in [5.41, 5.74) is 0. The molecule has 0 N–H and O–H groups in total. The quantitative estimate of drug-likeness (QED) is 0.380. The number of nitrogens with zero attached hydrogens (tertiary/aromatic N) is 1. The number of carbonyl (C=O) groups is 1. The lowest BCUT2D eigenvalue weighted by Crippen LogP contribution is -1.92. The predicted molar refractivity (Wildman–Crippen MR) is 45.3 cm³/mol. The van der Waals surface area contributed by atoms with Crippen molar-refractivity contribution in [2.24, 2.45) is 4.99 Å². The van der Waals surface area contributed by atoms with Gasteiger partial charge >= 0.3 is 7.60 Å². The number of hydrogen-bond acceptors (Lipinski definition) is 4. The van der Waals surface area contributed by atoms with E-state index in [0.29, 0.717) is 0 Å². The van der Waals surface area contributed by atoms with Crippen molar-refractivity contribution < 1.29 is 18.4 Å². The molecule has 5 nitrogen and oxygen atoms in total. The molecule has 0 aromatic carbocycles. The zero-order valence-electron chi connectivity index (χ0n) is 6.89. The summed E-state index contributed by atoms with van der Waals surface area (Å²) in [7, 11) is -0.902. The smallest absolute Gasteiger partial charge is 0.308 e. The molecule has 0 rings (SSSR count). The molecule has 0 aromatic heterocycles. The molecule has 0 bridgehead atoms. The number of carbonyl (C=O) groups excluding carboxylic acids is 1. The molecule has 0 saturated heterocycles. The van der Waals surface area contributed by atoms with Crippen molar-refractivity contribution in [3.63, 3.8) is 0 Å². The highest BCUT2D eigenvalue weighted by molar-refractivity contribution is 7.69. The lowest BCUT2D eigenvalue weighted by molar-refractivity contribution is -0.113. The van der Waals surface area contributed by atoms with Crippen LogP contribution in [0.2, 0.25) is 0 Å². The summed E-state index contributed by atoms with van der Waals surface area (Å²) in [6.07, 6.45) is 0.992. The fourth-order valence-corrected chi connectivity index (χ4v) is 0.942. The molecule has 0 fully saturated rings. The average Bonchev–Trinajstić information content (AvgIpc) is 2.13. The minimum absolute atomic E-state index is 0.593. The Morgan fingerprint density at radius 2 is 2.00 bits per heavy atom. The molecular formula is C6H10NO4P. The summed E-state index contributed by atoms with van der Waals surface area (Å²) in [6.45, 7) is 3.18. The van der Waals surface area contributed by atoms with Gasteiger partial charge in [-0.1, -0.05) is 6.58 Å². The normalized spacial score (nSPS) is 11.8. The molecular weight excluding hydrogens is 181 g/mol. The second-order valence-electron chi connectivity index (χ2n) is 1.69. The van der Waals surface area contributed by atoms with Gasteiger partial charge in [0.15, 0.2) is 0 Å². The van der Waals surface area contributed by atoms with Crippen LogP contribution in [0, 0.1) is 0 Å². The van der Waals surface area contributed by atoms with E-state index in [9.17, 15) is 9.36 Å². The summed E-state index contributed by atoms with van der Waals surface area (Å²) in [5.74, 6) is 0.251. The van der Waals surface area contributed by atoms with Gasteiger partial charge in [0.05, 0.1) is 0 Å². The highest BCUT2D eigenvalue weighted by atomic mass is 31.2. The van der Waals surface area contributed by atoms with Gasteiger partial charge in [-0.05, 0) is 6.08 Å². The van der Waals surface area contributed by atoms with Gasteiger partial charge in [-0.2, -0.15) is 0 Å². The first kappa shape index (κ1) is 11.2. The maximum absolute atomic E-state index is 11.2. The van der Waals surface area contributed by atoms with Gasteiger partial charge in [-0.15, -0.1) is 0 Å². The second-order valence-corrected chi connectivity index (χ2v) is 3.73. The molecule has 0 aliphatic rings. The Morgan fingerprint density at radius 1 is 1.50 bits per heavy atom. The first-order valence-corrected chi connectivity index (χ1v) is 4.62. The minimum Gasteiger partial charge on any atom is -0.308 e. The Morgan fingerprint density at radius 3 is 2.33 bits per heavy atom. The molecule has 0 aliphatic carbocycles. The van der Waals surface area contributed by atoms with Crippen LogP contribution in [0.25, 0.3) is 0 Å². The molecule has 0 unspecified atom stereocenters. The van der Waals surface area contributed by atoms with E-state index in [4.69, 9.17) is 0 Å². The zero-order valence-corrected chi connectivity index (χ0v) is 7.78. The number of aliphatic imine (C=N–C) groups is 1. The van der Waals surface area contributed by atoms with Crippen LogP contribution >= 0.6 is 7.60 Å². The fraction of sp³-hybridized carbons (Fsp3) is 0.333. The lowest BCUT2D eigenvalue weighted by atomic mass is 10.6. The van der Waals surface area contributed by atoms with Gasteiger partial charge in [-0.25, -0.2) is 4.99 Å². The minimum atomic E-state index is -3.31. The van der Waals surface area contributed by atoms with Gasteiger partial charge in [0.1, 0.15) is 5.96 Å². The summed E-state index contributed by atoms with van der Waals surface area (Å²) in [6, 6.07) is 0. The Hall–Kier alpha value is -0.770. The number of hydrogen-bond donors (Lipinski definition) is 0. The SMILES string of the molecule is C=CC(=O)N=CP(=O)(OC)OC. The monoisotopic (exact) mass is 191 g/mol. The van der Waals surface area contributed by atoms with Crippen LogP contribution in [-0.4, -0.2) is 26.1 Å². The van der Waals surface area contributed by atoms with Crippen molar-refractivity contribution in [3.05, 3.63) is 12.7 Å². The van der Waals surface area contributed by atoms with E-state index in [1.807, 2.05) is 0 Å². The van der Waals surface area contributed by atoms with Crippen LogP contribution in [0.3, 0.4) is 0 Å². The Bertz CT molecular complexity index is 240. The maximum atomic E-state index is 11.2. The summed E-state index contributed by atoms with van der Waals surface area (Å²) < 4.78 is 20.1. The zero-order chi connectivity index (χ0) is 9.61. The Labute approximate surface area is 70.6 Å². The topological polar surface area (TPSA) is 65.0 Å². The first-order valence-electron chi connectivity index (χ1n) is 3.01. The van der Waals surface area contributed by atoms with Crippen LogP contribution in [-0.2, 0) is 18.4 Å². The highest BCUT2D eigenvalue weighted by Gasteiger charge is 2.17. The van der Waals surface area contributed by atoms with E-state index in [1.54, 1.807) is 0 Å². The summed E-state index contributed by atoms with van der Waals surface area (Å²) in [4.78, 5) is 13.8. The van der Waals surface area contributed by atoms with Crippen LogP contribution in [0.1, 0.15) is 0 Å². The Kier molecular flexibility index (Phi) is 4.66. The molecule has 0 saturated carbocycles. The third kappa shape index (κ3) is 3.57.